The Hall–Kier alpha value is -0.550. The van der Waals surface area contributed by atoms with Crippen molar-refractivity contribution >= 4 is 11.8 Å². The Kier molecular flexibility index (Phi) is 4.24. The molecule has 0 aromatic carbocycles. The summed E-state index contributed by atoms with van der Waals surface area (Å²) >= 11 is 1.40. The van der Waals surface area contributed by atoms with E-state index >= 15 is 0 Å². The number of nitrogens with zero attached hydrogens (tertiary/aromatic N) is 1. The number of rotatable bonds is 4. The van der Waals surface area contributed by atoms with Gasteiger partial charge in [0.1, 0.15) is 0 Å². The fourth-order valence-electron chi connectivity index (χ4n) is 1.36. The molecule has 4 nitrogen and oxygen atoms in total. The summed E-state index contributed by atoms with van der Waals surface area (Å²) in [4.78, 5) is 11.2. The average Bonchev–Trinajstić information content (AvgIpc) is 2.15. The summed E-state index contributed by atoms with van der Waals surface area (Å²) in [5.41, 5.74) is 0. The van der Waals surface area contributed by atoms with Gasteiger partial charge in [0.25, 0.3) is 0 Å². The number of nitro groups is 1. The summed E-state index contributed by atoms with van der Waals surface area (Å²) in [6.07, 6.45) is 4.39. The third-order valence-corrected chi connectivity index (χ3v) is 3.13. The van der Waals surface area contributed by atoms with E-state index in [-0.39, 0.29) is 11.5 Å². The molecule has 0 aromatic heterocycles. The van der Waals surface area contributed by atoms with Crippen molar-refractivity contribution in [2.24, 2.45) is 0 Å². The van der Waals surface area contributed by atoms with Crippen molar-refractivity contribution in [2.75, 3.05) is 12.4 Å². The van der Waals surface area contributed by atoms with Crippen molar-refractivity contribution in [3.63, 3.8) is 0 Å². The number of allylic oxidation sites excluding steroid dienone is 1. The first-order chi connectivity index (χ1) is 6.25. The van der Waals surface area contributed by atoms with E-state index in [2.05, 4.69) is 0 Å². The minimum atomic E-state index is -0.523. The lowest BCUT2D eigenvalue weighted by atomic mass is 10.0. The van der Waals surface area contributed by atoms with Crippen LogP contribution in [0.1, 0.15) is 19.3 Å². The van der Waals surface area contributed by atoms with E-state index in [0.29, 0.717) is 12.2 Å². The third-order valence-electron chi connectivity index (χ3n) is 1.97. The van der Waals surface area contributed by atoms with Gasteiger partial charge < -0.3 is 5.11 Å². The fraction of sp³-hybridized carbons (Fsp3) is 0.750. The summed E-state index contributed by atoms with van der Waals surface area (Å²) in [6, 6.07) is -0.523. The van der Waals surface area contributed by atoms with Gasteiger partial charge in [-0.05, 0) is 12.8 Å². The summed E-state index contributed by atoms with van der Waals surface area (Å²) < 4.78 is 0. The summed E-state index contributed by atoms with van der Waals surface area (Å²) in [5, 5.41) is 19.2. The molecule has 1 atom stereocenters. The molecule has 0 saturated heterocycles. The molecule has 0 aromatic rings. The standard InChI is InChI=1S/C8H13NO3S/c10-5-6-13-8-4-2-1-3-7(8)9(11)12/h4,7,10H,1-3,5-6H2. The van der Waals surface area contributed by atoms with E-state index in [1.54, 1.807) is 0 Å². The molecule has 0 saturated carbocycles. The number of thioether (sulfide) groups is 1. The highest BCUT2D eigenvalue weighted by atomic mass is 32.2. The van der Waals surface area contributed by atoms with Crippen molar-refractivity contribution in [3.05, 3.63) is 21.1 Å². The Morgan fingerprint density at radius 3 is 3.15 bits per heavy atom. The lowest BCUT2D eigenvalue weighted by molar-refractivity contribution is -0.511. The van der Waals surface area contributed by atoms with Crippen molar-refractivity contribution in [3.8, 4) is 0 Å². The van der Waals surface area contributed by atoms with Crippen LogP contribution in [0.25, 0.3) is 0 Å². The Bertz CT molecular complexity index is 217. The van der Waals surface area contributed by atoms with Crippen LogP contribution in [-0.2, 0) is 0 Å². The van der Waals surface area contributed by atoms with Gasteiger partial charge in [-0.15, -0.1) is 11.8 Å². The van der Waals surface area contributed by atoms with E-state index in [9.17, 15) is 10.1 Å². The highest BCUT2D eigenvalue weighted by Gasteiger charge is 2.27. The molecular weight excluding hydrogens is 190 g/mol. The molecule has 0 heterocycles. The zero-order valence-corrected chi connectivity index (χ0v) is 8.13. The monoisotopic (exact) mass is 203 g/mol. The first kappa shape index (κ1) is 10.5. The van der Waals surface area contributed by atoms with Crippen LogP contribution in [0.5, 0.6) is 0 Å². The Morgan fingerprint density at radius 2 is 2.54 bits per heavy atom. The average molecular weight is 203 g/mol. The van der Waals surface area contributed by atoms with Gasteiger partial charge in [-0.1, -0.05) is 6.08 Å². The normalized spacial score (nSPS) is 22.5. The fourth-order valence-corrected chi connectivity index (χ4v) is 2.32. The van der Waals surface area contributed by atoms with Gasteiger partial charge in [0.15, 0.2) is 0 Å². The van der Waals surface area contributed by atoms with Gasteiger partial charge in [0.05, 0.1) is 11.5 Å². The number of aliphatic hydroxyl groups excluding tert-OH is 1. The molecule has 0 bridgehead atoms. The Morgan fingerprint density at radius 1 is 1.77 bits per heavy atom. The second-order valence-electron chi connectivity index (χ2n) is 2.91. The zero-order chi connectivity index (χ0) is 9.68. The van der Waals surface area contributed by atoms with Crippen molar-refractivity contribution in [1.29, 1.82) is 0 Å². The van der Waals surface area contributed by atoms with Gasteiger partial charge in [0.2, 0.25) is 6.04 Å². The first-order valence-electron chi connectivity index (χ1n) is 4.33. The predicted octanol–water partition coefficient (Wildman–Crippen LogP) is 1.42. The number of hydrogen-bond acceptors (Lipinski definition) is 4. The van der Waals surface area contributed by atoms with Crippen LogP contribution in [0, 0.1) is 10.1 Å². The Balaban J connectivity index is 2.55. The molecule has 13 heavy (non-hydrogen) atoms. The molecule has 0 radical (unpaired) electrons. The lowest BCUT2D eigenvalue weighted by Gasteiger charge is -2.16. The van der Waals surface area contributed by atoms with E-state index in [1.807, 2.05) is 6.08 Å². The molecule has 5 heteroatoms. The molecular formula is C8H13NO3S. The SMILES string of the molecule is O=[N+]([O-])C1CCCC=C1SCCO. The second kappa shape index (κ2) is 5.24. The smallest absolute Gasteiger partial charge is 0.243 e. The highest BCUT2D eigenvalue weighted by molar-refractivity contribution is 8.03. The molecule has 1 rings (SSSR count). The van der Waals surface area contributed by atoms with Crippen molar-refractivity contribution in [2.45, 2.75) is 25.3 Å². The van der Waals surface area contributed by atoms with Crippen LogP contribution in [0.4, 0.5) is 0 Å². The van der Waals surface area contributed by atoms with Gasteiger partial charge in [-0.25, -0.2) is 0 Å². The topological polar surface area (TPSA) is 63.4 Å². The van der Waals surface area contributed by atoms with Gasteiger partial charge in [0, 0.05) is 17.1 Å². The molecule has 0 spiro atoms. The maximum absolute atomic E-state index is 10.6. The molecule has 1 aliphatic carbocycles. The summed E-state index contributed by atoms with van der Waals surface area (Å²) in [5.74, 6) is 0.552. The van der Waals surface area contributed by atoms with Crippen molar-refractivity contribution in [1.82, 2.24) is 0 Å². The second-order valence-corrected chi connectivity index (χ2v) is 4.08. The quantitative estimate of drug-likeness (QED) is 0.554. The van der Waals surface area contributed by atoms with Gasteiger partial charge in [-0.3, -0.25) is 10.1 Å². The van der Waals surface area contributed by atoms with E-state index < -0.39 is 6.04 Å². The largest absolute Gasteiger partial charge is 0.396 e. The van der Waals surface area contributed by atoms with Crippen molar-refractivity contribution < 1.29 is 10.0 Å². The van der Waals surface area contributed by atoms with Crippen LogP contribution in [0.3, 0.4) is 0 Å². The molecule has 0 amide bonds. The van der Waals surface area contributed by atoms with Crippen LogP contribution >= 0.6 is 11.8 Å². The van der Waals surface area contributed by atoms with E-state index in [1.165, 1.54) is 11.8 Å². The van der Waals surface area contributed by atoms with Gasteiger partial charge >= 0.3 is 0 Å². The molecule has 0 fully saturated rings. The van der Waals surface area contributed by atoms with Crippen LogP contribution in [0.2, 0.25) is 0 Å². The number of aliphatic hydroxyl groups is 1. The summed E-state index contributed by atoms with van der Waals surface area (Å²) in [6.45, 7) is 0.0758. The van der Waals surface area contributed by atoms with Gasteiger partial charge in [-0.2, -0.15) is 0 Å². The van der Waals surface area contributed by atoms with E-state index in [4.69, 9.17) is 5.11 Å². The molecule has 1 aliphatic rings. The molecule has 1 N–H and O–H groups in total. The van der Waals surface area contributed by atoms with E-state index in [0.717, 1.165) is 17.7 Å². The molecule has 1 unspecified atom stereocenters. The highest BCUT2D eigenvalue weighted by Crippen LogP contribution is 2.29. The minimum Gasteiger partial charge on any atom is -0.396 e. The van der Waals surface area contributed by atoms with Crippen LogP contribution in [0.15, 0.2) is 11.0 Å². The van der Waals surface area contributed by atoms with Crippen LogP contribution in [-0.4, -0.2) is 28.4 Å². The zero-order valence-electron chi connectivity index (χ0n) is 7.31. The lowest BCUT2D eigenvalue weighted by Crippen LogP contribution is -2.23. The number of hydrogen-bond donors (Lipinski definition) is 1. The van der Waals surface area contributed by atoms with Crippen LogP contribution < -0.4 is 0 Å². The maximum atomic E-state index is 10.6. The summed E-state index contributed by atoms with van der Waals surface area (Å²) in [7, 11) is 0. The Labute approximate surface area is 81.2 Å². The molecule has 0 aliphatic heterocycles. The predicted molar refractivity (Wildman–Crippen MR) is 52.3 cm³/mol. The molecule has 74 valence electrons. The third kappa shape index (κ3) is 3.00. The minimum absolute atomic E-state index is 0.0758. The first-order valence-corrected chi connectivity index (χ1v) is 5.31. The maximum Gasteiger partial charge on any atom is 0.243 e.